The zero-order valence-corrected chi connectivity index (χ0v) is 8.64. The molecule has 0 amide bonds. The Morgan fingerprint density at radius 2 is 2.27 bits per heavy atom. The zero-order valence-electron chi connectivity index (χ0n) is 8.64. The van der Waals surface area contributed by atoms with Gasteiger partial charge in [-0.15, -0.1) is 5.10 Å². The third kappa shape index (κ3) is 1.89. The van der Waals surface area contributed by atoms with Crippen LogP contribution >= 0.6 is 0 Å². The summed E-state index contributed by atoms with van der Waals surface area (Å²) in [6.45, 7) is 4.21. The van der Waals surface area contributed by atoms with Gasteiger partial charge in [0.05, 0.1) is 25.0 Å². The molecule has 0 aliphatic rings. The minimum absolute atomic E-state index is 0.0956. The molecule has 2 rings (SSSR count). The summed E-state index contributed by atoms with van der Waals surface area (Å²) in [5, 5.41) is 20.4. The van der Waals surface area contributed by atoms with Crippen molar-refractivity contribution in [2.45, 2.75) is 27.0 Å². The maximum absolute atomic E-state index is 8.84. The van der Waals surface area contributed by atoms with E-state index < -0.39 is 0 Å². The maximum atomic E-state index is 8.84. The van der Waals surface area contributed by atoms with Gasteiger partial charge in [-0.1, -0.05) is 10.4 Å². The first-order chi connectivity index (χ1) is 7.20. The van der Waals surface area contributed by atoms with Crippen molar-refractivity contribution in [1.29, 1.82) is 0 Å². The molecule has 80 valence electrons. The fraction of sp³-hybridized carbons (Fsp3) is 0.444. The minimum atomic E-state index is -0.0956. The molecule has 0 atom stereocenters. The highest BCUT2D eigenvalue weighted by Gasteiger charge is 2.10. The molecule has 0 bridgehead atoms. The van der Waals surface area contributed by atoms with E-state index in [4.69, 9.17) is 9.63 Å². The van der Waals surface area contributed by atoms with E-state index >= 15 is 0 Å². The van der Waals surface area contributed by atoms with Gasteiger partial charge in [0, 0.05) is 5.56 Å². The average molecular weight is 208 g/mol. The van der Waals surface area contributed by atoms with Gasteiger partial charge in [0.25, 0.3) is 0 Å². The van der Waals surface area contributed by atoms with Crippen molar-refractivity contribution in [2.24, 2.45) is 0 Å². The van der Waals surface area contributed by atoms with Crippen LogP contribution in [0.15, 0.2) is 10.7 Å². The summed E-state index contributed by atoms with van der Waals surface area (Å²) in [7, 11) is 0. The SMILES string of the molecule is Cc1noc(C)c1Cn1cc(CO)nn1. The Morgan fingerprint density at radius 1 is 1.47 bits per heavy atom. The Kier molecular flexibility index (Phi) is 2.51. The number of aliphatic hydroxyl groups is 1. The van der Waals surface area contributed by atoms with Gasteiger partial charge in [-0.05, 0) is 13.8 Å². The van der Waals surface area contributed by atoms with Gasteiger partial charge in [0.1, 0.15) is 11.5 Å². The predicted molar refractivity (Wildman–Crippen MR) is 51.0 cm³/mol. The van der Waals surface area contributed by atoms with Gasteiger partial charge in [0.2, 0.25) is 0 Å². The van der Waals surface area contributed by atoms with E-state index in [0.29, 0.717) is 12.2 Å². The fourth-order valence-corrected chi connectivity index (χ4v) is 1.38. The topological polar surface area (TPSA) is 77.0 Å². The highest BCUT2D eigenvalue weighted by Crippen LogP contribution is 2.13. The van der Waals surface area contributed by atoms with Crippen LogP contribution in [0.5, 0.6) is 0 Å². The van der Waals surface area contributed by atoms with Crippen LogP contribution in [0.4, 0.5) is 0 Å². The van der Waals surface area contributed by atoms with Crippen LogP contribution in [-0.4, -0.2) is 25.3 Å². The molecule has 15 heavy (non-hydrogen) atoms. The van der Waals surface area contributed by atoms with Gasteiger partial charge >= 0.3 is 0 Å². The van der Waals surface area contributed by atoms with Gasteiger partial charge in [-0.25, -0.2) is 4.68 Å². The second kappa shape index (κ2) is 3.82. The third-order valence-corrected chi connectivity index (χ3v) is 2.25. The van der Waals surface area contributed by atoms with E-state index in [1.807, 2.05) is 13.8 Å². The molecule has 2 aromatic rings. The van der Waals surface area contributed by atoms with Gasteiger partial charge < -0.3 is 9.63 Å². The lowest BCUT2D eigenvalue weighted by atomic mass is 10.2. The van der Waals surface area contributed by atoms with Gasteiger partial charge in [0.15, 0.2) is 0 Å². The van der Waals surface area contributed by atoms with Crippen molar-refractivity contribution in [3.8, 4) is 0 Å². The summed E-state index contributed by atoms with van der Waals surface area (Å²) in [5.74, 6) is 0.786. The van der Waals surface area contributed by atoms with E-state index in [0.717, 1.165) is 17.0 Å². The maximum Gasteiger partial charge on any atom is 0.138 e. The standard InChI is InChI=1S/C9H12N4O2/c1-6-9(7(2)15-11-6)4-13-3-8(5-14)10-12-13/h3,14H,4-5H2,1-2H3. The molecule has 6 nitrogen and oxygen atoms in total. The number of aliphatic hydroxyl groups excluding tert-OH is 1. The van der Waals surface area contributed by atoms with Gasteiger partial charge in [-0.2, -0.15) is 0 Å². The number of aromatic nitrogens is 4. The predicted octanol–water partition coefficient (Wildman–Crippen LogP) is 0.424. The van der Waals surface area contributed by atoms with Crippen molar-refractivity contribution in [3.63, 3.8) is 0 Å². The van der Waals surface area contributed by atoms with E-state index in [-0.39, 0.29) is 6.61 Å². The van der Waals surface area contributed by atoms with E-state index in [2.05, 4.69) is 15.5 Å². The molecule has 0 aliphatic carbocycles. The monoisotopic (exact) mass is 208 g/mol. The number of rotatable bonds is 3. The molecule has 0 saturated carbocycles. The average Bonchev–Trinajstić information content (AvgIpc) is 2.80. The molecule has 2 heterocycles. The summed E-state index contributed by atoms with van der Waals surface area (Å²) in [6, 6.07) is 0. The van der Waals surface area contributed by atoms with Crippen LogP contribution in [-0.2, 0) is 13.2 Å². The van der Waals surface area contributed by atoms with Crippen LogP contribution in [0.2, 0.25) is 0 Å². The first-order valence-electron chi connectivity index (χ1n) is 4.62. The van der Waals surface area contributed by atoms with Crippen LogP contribution in [0.3, 0.4) is 0 Å². The Hall–Kier alpha value is -1.69. The van der Waals surface area contributed by atoms with Crippen molar-refractivity contribution in [2.75, 3.05) is 0 Å². The summed E-state index contributed by atoms with van der Waals surface area (Å²) in [4.78, 5) is 0. The number of hydrogen-bond acceptors (Lipinski definition) is 5. The van der Waals surface area contributed by atoms with Crippen molar-refractivity contribution >= 4 is 0 Å². The van der Waals surface area contributed by atoms with Gasteiger partial charge in [-0.3, -0.25) is 0 Å². The lowest BCUT2D eigenvalue weighted by Crippen LogP contribution is -2.02. The fourth-order valence-electron chi connectivity index (χ4n) is 1.38. The molecule has 6 heteroatoms. The number of hydrogen-bond donors (Lipinski definition) is 1. The molecule has 2 aromatic heterocycles. The first-order valence-corrected chi connectivity index (χ1v) is 4.62. The molecular formula is C9H12N4O2. The molecule has 0 radical (unpaired) electrons. The molecular weight excluding hydrogens is 196 g/mol. The number of aryl methyl sites for hydroxylation is 2. The Bertz CT molecular complexity index is 441. The Morgan fingerprint density at radius 3 is 2.80 bits per heavy atom. The normalized spacial score (nSPS) is 10.9. The van der Waals surface area contributed by atoms with Crippen LogP contribution in [0.25, 0.3) is 0 Å². The van der Waals surface area contributed by atoms with Crippen molar-refractivity contribution in [1.82, 2.24) is 20.2 Å². The molecule has 0 fully saturated rings. The summed E-state index contributed by atoms with van der Waals surface area (Å²) in [5.41, 5.74) is 2.42. The second-order valence-corrected chi connectivity index (χ2v) is 3.37. The lowest BCUT2D eigenvalue weighted by Gasteiger charge is -1.98. The second-order valence-electron chi connectivity index (χ2n) is 3.37. The molecule has 0 spiro atoms. The van der Waals surface area contributed by atoms with E-state index in [1.54, 1.807) is 10.9 Å². The van der Waals surface area contributed by atoms with Crippen molar-refractivity contribution < 1.29 is 9.63 Å². The smallest absolute Gasteiger partial charge is 0.138 e. The zero-order chi connectivity index (χ0) is 10.8. The van der Waals surface area contributed by atoms with Crippen LogP contribution in [0, 0.1) is 13.8 Å². The van der Waals surface area contributed by atoms with E-state index in [9.17, 15) is 0 Å². The molecule has 1 N–H and O–H groups in total. The highest BCUT2D eigenvalue weighted by atomic mass is 16.5. The molecule has 0 unspecified atom stereocenters. The summed E-state index contributed by atoms with van der Waals surface area (Å²) >= 11 is 0. The molecule has 0 saturated heterocycles. The van der Waals surface area contributed by atoms with Crippen LogP contribution < -0.4 is 0 Å². The number of nitrogens with zero attached hydrogens (tertiary/aromatic N) is 4. The minimum Gasteiger partial charge on any atom is -0.390 e. The highest BCUT2D eigenvalue weighted by molar-refractivity contribution is 5.20. The Labute approximate surface area is 86.5 Å². The summed E-state index contributed by atoms with van der Waals surface area (Å²) < 4.78 is 6.69. The van der Waals surface area contributed by atoms with E-state index in [1.165, 1.54) is 0 Å². The largest absolute Gasteiger partial charge is 0.390 e. The first kappa shape index (κ1) is 9.85. The third-order valence-electron chi connectivity index (χ3n) is 2.25. The summed E-state index contributed by atoms with van der Waals surface area (Å²) in [6.07, 6.45) is 1.70. The molecule has 0 aliphatic heterocycles. The lowest BCUT2D eigenvalue weighted by molar-refractivity contribution is 0.276. The quantitative estimate of drug-likeness (QED) is 0.791. The van der Waals surface area contributed by atoms with Crippen LogP contribution in [0.1, 0.15) is 22.7 Å². The van der Waals surface area contributed by atoms with Crippen molar-refractivity contribution in [3.05, 3.63) is 28.9 Å². The Balaban J connectivity index is 2.21. The molecule has 0 aromatic carbocycles.